The third kappa shape index (κ3) is 3.53. The Morgan fingerprint density at radius 2 is 1.10 bits per heavy atom. The van der Waals surface area contributed by atoms with Gasteiger partial charge in [-0.25, -0.2) is 4.79 Å². The molecule has 0 aliphatic rings. The lowest BCUT2D eigenvalue weighted by molar-refractivity contribution is 0.0696. The van der Waals surface area contributed by atoms with Crippen LogP contribution in [0.1, 0.15) is 21.8 Å². The van der Waals surface area contributed by atoms with Crippen molar-refractivity contribution in [1.82, 2.24) is 0 Å². The topological polar surface area (TPSA) is 37.3 Å². The molecule has 4 aromatic carbocycles. The van der Waals surface area contributed by atoms with E-state index in [1.807, 2.05) is 91.0 Å². The normalized spacial score (nSPS) is 12.3. The fourth-order valence-corrected chi connectivity index (χ4v) is 8.09. The summed E-state index contributed by atoms with van der Waals surface area (Å²) in [6.45, 7) is 0. The lowest BCUT2D eigenvalue weighted by atomic mass is 10.1. The van der Waals surface area contributed by atoms with Crippen molar-refractivity contribution in [2.24, 2.45) is 0 Å². The van der Waals surface area contributed by atoms with Crippen LogP contribution in [-0.2, 0) is 0 Å². The maximum Gasteiger partial charge on any atom is 0.335 e. The molecule has 4 aromatic rings. The summed E-state index contributed by atoms with van der Waals surface area (Å²) >= 11 is 0. The molecule has 1 N–H and O–H groups in total. The molecular formula is C26H21FO2P+. The van der Waals surface area contributed by atoms with Crippen LogP contribution in [-0.4, -0.2) is 11.1 Å². The van der Waals surface area contributed by atoms with Crippen molar-refractivity contribution >= 4 is 29.1 Å². The highest BCUT2D eigenvalue weighted by atomic mass is 31.2. The minimum Gasteiger partial charge on any atom is -0.478 e. The largest absolute Gasteiger partial charge is 0.478 e. The van der Waals surface area contributed by atoms with Crippen LogP contribution in [0.2, 0.25) is 0 Å². The Bertz CT molecular complexity index is 1030. The molecule has 4 rings (SSSR count). The predicted molar refractivity (Wildman–Crippen MR) is 122 cm³/mol. The molecule has 0 saturated heterocycles. The quantitative estimate of drug-likeness (QED) is 0.431. The molecule has 0 aliphatic heterocycles. The summed E-state index contributed by atoms with van der Waals surface area (Å²) in [6.07, 6.45) is 0. The average molecular weight is 415 g/mol. The van der Waals surface area contributed by atoms with Gasteiger partial charge < -0.3 is 5.11 Å². The highest BCUT2D eigenvalue weighted by Crippen LogP contribution is 2.67. The third-order valence-corrected chi connectivity index (χ3v) is 9.56. The molecule has 0 spiro atoms. The third-order valence-electron chi connectivity index (χ3n) is 5.24. The van der Waals surface area contributed by atoms with Crippen molar-refractivity contribution in [2.75, 3.05) is 0 Å². The van der Waals surface area contributed by atoms with Gasteiger partial charge in [-0.05, 0) is 48.5 Å². The fourth-order valence-electron chi connectivity index (χ4n) is 3.87. The Kier molecular flexibility index (Phi) is 5.74. The molecule has 0 amide bonds. The van der Waals surface area contributed by atoms with Gasteiger partial charge in [-0.15, -0.1) is 0 Å². The number of carboxylic acids is 1. The first-order chi connectivity index (χ1) is 14.6. The van der Waals surface area contributed by atoms with E-state index in [1.165, 1.54) is 12.1 Å². The second-order valence-electron chi connectivity index (χ2n) is 7.00. The fraction of sp³-hybridized carbons (Fsp3) is 0.0385. The lowest BCUT2D eigenvalue weighted by Crippen LogP contribution is -2.34. The number of hydrogen-bond donors (Lipinski definition) is 1. The summed E-state index contributed by atoms with van der Waals surface area (Å²) in [7, 11) is -2.78. The Hall–Kier alpha value is -3.29. The van der Waals surface area contributed by atoms with Crippen LogP contribution in [0.5, 0.6) is 0 Å². The second kappa shape index (κ2) is 8.61. The monoisotopic (exact) mass is 415 g/mol. The van der Waals surface area contributed by atoms with E-state index in [-0.39, 0.29) is 5.56 Å². The number of hydrogen-bond acceptors (Lipinski definition) is 1. The molecule has 4 heteroatoms. The van der Waals surface area contributed by atoms with Crippen molar-refractivity contribution in [2.45, 2.75) is 5.91 Å². The first-order valence-electron chi connectivity index (χ1n) is 9.67. The van der Waals surface area contributed by atoms with E-state index in [9.17, 15) is 9.90 Å². The van der Waals surface area contributed by atoms with Crippen molar-refractivity contribution in [1.29, 1.82) is 0 Å². The first kappa shape index (κ1) is 20.0. The molecule has 148 valence electrons. The Morgan fingerprint density at radius 1 is 0.667 bits per heavy atom. The minimum absolute atomic E-state index is 0.0856. The summed E-state index contributed by atoms with van der Waals surface area (Å²) < 4.78 is 16.8. The van der Waals surface area contributed by atoms with Crippen molar-refractivity contribution < 1.29 is 14.3 Å². The number of benzene rings is 4. The second-order valence-corrected chi connectivity index (χ2v) is 10.4. The minimum atomic E-state index is -2.78. The summed E-state index contributed by atoms with van der Waals surface area (Å²) in [4.78, 5) is 11.5. The zero-order valence-corrected chi connectivity index (χ0v) is 17.1. The van der Waals surface area contributed by atoms with Gasteiger partial charge in [-0.1, -0.05) is 66.7 Å². The predicted octanol–water partition coefficient (Wildman–Crippen LogP) is 5.35. The van der Waals surface area contributed by atoms with Crippen molar-refractivity contribution in [3.8, 4) is 0 Å². The number of halogens is 1. The van der Waals surface area contributed by atoms with Crippen LogP contribution in [0.25, 0.3) is 0 Å². The van der Waals surface area contributed by atoms with E-state index in [2.05, 4.69) is 0 Å². The molecule has 30 heavy (non-hydrogen) atoms. The zero-order valence-electron chi connectivity index (χ0n) is 16.2. The molecule has 0 aromatic heterocycles. The molecule has 0 aliphatic carbocycles. The van der Waals surface area contributed by atoms with E-state index in [4.69, 9.17) is 0 Å². The van der Waals surface area contributed by atoms with E-state index in [0.717, 1.165) is 15.9 Å². The van der Waals surface area contributed by atoms with E-state index < -0.39 is 19.1 Å². The number of alkyl halides is 1. The van der Waals surface area contributed by atoms with Gasteiger partial charge in [0, 0.05) is 5.56 Å². The Balaban J connectivity index is 2.05. The SMILES string of the molecule is O=C(O)c1cccc(C(F)[P+](c2ccccc2)(c2ccccc2)c2ccccc2)c1. The zero-order chi connectivity index (χ0) is 21.0. The van der Waals surface area contributed by atoms with Gasteiger partial charge in [-0.3, -0.25) is 0 Å². The molecule has 0 radical (unpaired) electrons. The summed E-state index contributed by atoms with van der Waals surface area (Å²) in [5, 5.41) is 12.2. The summed E-state index contributed by atoms with van der Waals surface area (Å²) in [6, 6.07) is 35.4. The van der Waals surface area contributed by atoms with Gasteiger partial charge >= 0.3 is 5.97 Å². The molecule has 2 nitrogen and oxygen atoms in total. The number of carboxylic acid groups (broad SMARTS) is 1. The van der Waals surface area contributed by atoms with Crippen LogP contribution < -0.4 is 15.9 Å². The number of aromatic carboxylic acids is 1. The van der Waals surface area contributed by atoms with Crippen LogP contribution in [0, 0.1) is 0 Å². The van der Waals surface area contributed by atoms with Gasteiger partial charge in [0.1, 0.15) is 15.9 Å². The first-order valence-corrected chi connectivity index (χ1v) is 11.5. The van der Waals surface area contributed by atoms with E-state index in [1.54, 1.807) is 12.1 Å². The van der Waals surface area contributed by atoms with Crippen LogP contribution >= 0.6 is 7.26 Å². The van der Waals surface area contributed by atoms with Crippen molar-refractivity contribution in [3.63, 3.8) is 0 Å². The van der Waals surface area contributed by atoms with Gasteiger partial charge in [0.15, 0.2) is 7.26 Å². The molecular weight excluding hydrogens is 394 g/mol. The number of rotatable bonds is 6. The van der Waals surface area contributed by atoms with Crippen LogP contribution in [0.15, 0.2) is 115 Å². The van der Waals surface area contributed by atoms with E-state index in [0.29, 0.717) is 5.56 Å². The van der Waals surface area contributed by atoms with Gasteiger partial charge in [0.2, 0.25) is 5.91 Å². The number of carbonyl (C=O) groups is 1. The molecule has 1 unspecified atom stereocenters. The van der Waals surface area contributed by atoms with Crippen molar-refractivity contribution in [3.05, 3.63) is 126 Å². The van der Waals surface area contributed by atoms with Crippen LogP contribution in [0.4, 0.5) is 4.39 Å². The Labute approximate surface area is 176 Å². The standard InChI is InChI=1S/C26H20FO2P/c27-25(20-11-10-12-21(19-20)26(28)29)30(22-13-4-1-5-14-22,23-15-6-2-7-16-23)24-17-8-3-9-18-24/h1-19,25H/p+1. The maximum absolute atomic E-state index is 16.8. The van der Waals surface area contributed by atoms with Gasteiger partial charge in [-0.2, -0.15) is 4.39 Å². The molecule has 0 fully saturated rings. The van der Waals surface area contributed by atoms with E-state index >= 15 is 4.39 Å². The molecule has 0 saturated carbocycles. The van der Waals surface area contributed by atoms with Crippen LogP contribution in [0.3, 0.4) is 0 Å². The lowest BCUT2D eigenvalue weighted by Gasteiger charge is -2.30. The molecule has 0 heterocycles. The average Bonchev–Trinajstić information content (AvgIpc) is 2.82. The van der Waals surface area contributed by atoms with Gasteiger partial charge in [0.25, 0.3) is 0 Å². The summed E-state index contributed by atoms with van der Waals surface area (Å²) in [5.41, 5.74) is 0.460. The highest BCUT2D eigenvalue weighted by molar-refractivity contribution is 7.95. The summed E-state index contributed by atoms with van der Waals surface area (Å²) in [5.74, 6) is -2.46. The highest BCUT2D eigenvalue weighted by Gasteiger charge is 2.54. The molecule has 1 atom stereocenters. The maximum atomic E-state index is 16.8. The smallest absolute Gasteiger partial charge is 0.335 e. The molecule has 0 bridgehead atoms. The van der Waals surface area contributed by atoms with Gasteiger partial charge in [0.05, 0.1) is 5.56 Å². The Morgan fingerprint density at radius 3 is 1.50 bits per heavy atom.